The maximum atomic E-state index is 11.5. The van der Waals surface area contributed by atoms with Crippen LogP contribution in [0, 0.1) is 0 Å². The number of carbonyl (C=O) groups excluding carboxylic acids is 1. The Labute approximate surface area is 93.7 Å². The summed E-state index contributed by atoms with van der Waals surface area (Å²) < 4.78 is 0. The van der Waals surface area contributed by atoms with Crippen LogP contribution in [0.4, 0.5) is 0 Å². The Morgan fingerprint density at radius 1 is 1.07 bits per heavy atom. The largest absolute Gasteiger partial charge is 1.00 e. The van der Waals surface area contributed by atoms with E-state index >= 15 is 0 Å². The number of aldehydes is 1. The summed E-state index contributed by atoms with van der Waals surface area (Å²) in [6.45, 7) is 0. The molecule has 0 aliphatic carbocycles. The van der Waals surface area contributed by atoms with E-state index < -0.39 is 0 Å². The first-order valence-electron chi connectivity index (χ1n) is 3.97. The van der Waals surface area contributed by atoms with E-state index in [9.17, 15) is 9.90 Å². The fourth-order valence-electron chi connectivity index (χ4n) is 1.35. The first-order valence-corrected chi connectivity index (χ1v) is 3.97. The summed E-state index contributed by atoms with van der Waals surface area (Å²) in [7, 11) is 0. The molecule has 0 amide bonds. The van der Waals surface area contributed by atoms with E-state index in [0.29, 0.717) is 11.7 Å². The molecule has 0 bridgehead atoms. The zero-order valence-electron chi connectivity index (χ0n) is 7.86. The van der Waals surface area contributed by atoms with Gasteiger partial charge in [-0.05, 0) is 10.8 Å². The van der Waals surface area contributed by atoms with Crippen LogP contribution in [0.5, 0.6) is 5.75 Å². The monoisotopic (exact) mass is 178 g/mol. The molecule has 2 aromatic rings. The van der Waals surface area contributed by atoms with Crippen molar-refractivity contribution in [2.45, 2.75) is 0 Å². The predicted octanol–water partition coefficient (Wildman–Crippen LogP) is -1.27. The van der Waals surface area contributed by atoms with Gasteiger partial charge in [0.2, 0.25) is 0 Å². The summed E-state index contributed by atoms with van der Waals surface area (Å²) in [5, 5.41) is 13.0. The van der Waals surface area contributed by atoms with Crippen LogP contribution in [-0.2, 0) is 0 Å². The van der Waals surface area contributed by atoms with Crippen molar-refractivity contribution in [1.29, 1.82) is 0 Å². The molecule has 0 N–H and O–H groups in total. The number of hydrogen-bond acceptors (Lipinski definition) is 2. The smallest absolute Gasteiger partial charge is 0.872 e. The number of fused-ring (bicyclic) bond motifs is 1. The van der Waals surface area contributed by atoms with Crippen molar-refractivity contribution in [3.8, 4) is 5.75 Å². The maximum Gasteiger partial charge on any atom is 1.00 e. The van der Waals surface area contributed by atoms with Gasteiger partial charge in [-0.25, -0.2) is 0 Å². The Morgan fingerprint density at radius 2 is 1.79 bits per heavy atom. The molecule has 0 aromatic heterocycles. The summed E-state index contributed by atoms with van der Waals surface area (Å²) in [6, 6.07) is 10.6. The Bertz CT molecular complexity index is 466. The Hall–Kier alpha value is -1.23. The van der Waals surface area contributed by atoms with Crippen molar-refractivity contribution in [2.24, 2.45) is 0 Å². The van der Waals surface area contributed by atoms with E-state index in [4.69, 9.17) is 0 Å². The second kappa shape index (κ2) is 4.32. The third-order valence-corrected chi connectivity index (χ3v) is 2.04. The molecule has 0 heterocycles. The van der Waals surface area contributed by atoms with Gasteiger partial charge >= 0.3 is 18.9 Å². The SMILES string of the molecule is O=Cc1ccc2ccccc2c1[O-].[Li+]. The quantitative estimate of drug-likeness (QED) is 0.403. The standard InChI is InChI=1S/C11H8O2.Li/c12-7-9-6-5-8-3-1-2-4-10(8)11(9)13;/h1-7,13H;/q;+1/p-1. The van der Waals surface area contributed by atoms with Gasteiger partial charge in [0.15, 0.2) is 0 Å². The molecule has 2 aromatic carbocycles. The molecule has 0 spiro atoms. The maximum absolute atomic E-state index is 11.5. The van der Waals surface area contributed by atoms with Gasteiger partial charge in [-0.1, -0.05) is 42.1 Å². The third kappa shape index (κ3) is 1.67. The molecule has 14 heavy (non-hydrogen) atoms. The van der Waals surface area contributed by atoms with Gasteiger partial charge in [0.05, 0.1) is 0 Å². The van der Waals surface area contributed by atoms with Crippen LogP contribution in [0.25, 0.3) is 10.8 Å². The number of carbonyl (C=O) groups is 1. The zero-order chi connectivity index (χ0) is 9.26. The number of hydrogen-bond donors (Lipinski definition) is 0. The number of rotatable bonds is 1. The Kier molecular flexibility index (Phi) is 3.35. The van der Waals surface area contributed by atoms with Crippen molar-refractivity contribution < 1.29 is 28.8 Å². The van der Waals surface area contributed by atoms with Crippen LogP contribution in [0.3, 0.4) is 0 Å². The van der Waals surface area contributed by atoms with E-state index in [1.165, 1.54) is 0 Å². The van der Waals surface area contributed by atoms with Gasteiger partial charge in [0.1, 0.15) is 6.29 Å². The Morgan fingerprint density at radius 3 is 2.50 bits per heavy atom. The topological polar surface area (TPSA) is 40.1 Å². The van der Waals surface area contributed by atoms with Crippen LogP contribution in [0.1, 0.15) is 10.4 Å². The molecule has 0 aliphatic rings. The van der Waals surface area contributed by atoms with E-state index in [-0.39, 0.29) is 30.2 Å². The van der Waals surface area contributed by atoms with E-state index in [0.717, 1.165) is 5.39 Å². The van der Waals surface area contributed by atoms with Crippen LogP contribution in [0.15, 0.2) is 36.4 Å². The second-order valence-corrected chi connectivity index (χ2v) is 2.82. The molecule has 0 saturated carbocycles. The third-order valence-electron chi connectivity index (χ3n) is 2.04. The minimum Gasteiger partial charge on any atom is -0.872 e. The van der Waals surface area contributed by atoms with Gasteiger partial charge in [-0.15, -0.1) is 0 Å². The summed E-state index contributed by atoms with van der Waals surface area (Å²) in [4.78, 5) is 10.5. The molecule has 3 heteroatoms. The van der Waals surface area contributed by atoms with Gasteiger partial charge in [-0.2, -0.15) is 0 Å². The molecular formula is C11H7LiO2. The molecule has 64 valence electrons. The predicted molar refractivity (Wildman–Crippen MR) is 48.8 cm³/mol. The van der Waals surface area contributed by atoms with Crippen molar-refractivity contribution in [2.75, 3.05) is 0 Å². The van der Waals surface area contributed by atoms with Crippen molar-refractivity contribution >= 4 is 17.1 Å². The summed E-state index contributed by atoms with van der Waals surface area (Å²) in [5.41, 5.74) is 0.221. The van der Waals surface area contributed by atoms with Crippen molar-refractivity contribution in [3.05, 3.63) is 42.0 Å². The molecule has 0 radical (unpaired) electrons. The molecule has 2 rings (SSSR count). The van der Waals surface area contributed by atoms with Gasteiger partial charge < -0.3 is 5.11 Å². The van der Waals surface area contributed by atoms with Gasteiger partial charge in [0.25, 0.3) is 0 Å². The fourth-order valence-corrected chi connectivity index (χ4v) is 1.35. The fraction of sp³-hybridized carbons (Fsp3) is 0. The van der Waals surface area contributed by atoms with Gasteiger partial charge in [0, 0.05) is 5.56 Å². The summed E-state index contributed by atoms with van der Waals surface area (Å²) in [6.07, 6.45) is 0.592. The molecule has 0 fully saturated rings. The first-order chi connectivity index (χ1) is 6.33. The average Bonchev–Trinajstić information content (AvgIpc) is 2.19. The summed E-state index contributed by atoms with van der Waals surface area (Å²) in [5.74, 6) is -0.187. The van der Waals surface area contributed by atoms with E-state index in [1.807, 2.05) is 12.1 Å². The van der Waals surface area contributed by atoms with Crippen LogP contribution < -0.4 is 24.0 Å². The minimum atomic E-state index is -0.187. The number of benzene rings is 2. The van der Waals surface area contributed by atoms with Crippen molar-refractivity contribution in [3.63, 3.8) is 0 Å². The Balaban J connectivity index is 0.000000980. The van der Waals surface area contributed by atoms with Crippen LogP contribution in [0.2, 0.25) is 0 Å². The van der Waals surface area contributed by atoms with Crippen molar-refractivity contribution in [1.82, 2.24) is 0 Å². The normalized spacial score (nSPS) is 9.43. The zero-order valence-corrected chi connectivity index (χ0v) is 7.86. The minimum absolute atomic E-state index is 0. The average molecular weight is 178 g/mol. The molecular weight excluding hydrogens is 171 g/mol. The van der Waals surface area contributed by atoms with E-state index in [1.54, 1.807) is 24.3 Å². The molecule has 0 atom stereocenters. The van der Waals surface area contributed by atoms with E-state index in [2.05, 4.69) is 0 Å². The van der Waals surface area contributed by atoms with Gasteiger partial charge in [-0.3, -0.25) is 4.79 Å². The second-order valence-electron chi connectivity index (χ2n) is 2.82. The molecule has 0 aliphatic heterocycles. The van der Waals surface area contributed by atoms with Crippen LogP contribution >= 0.6 is 0 Å². The molecule has 0 unspecified atom stereocenters. The molecule has 2 nitrogen and oxygen atoms in total. The summed E-state index contributed by atoms with van der Waals surface area (Å²) >= 11 is 0. The first kappa shape index (κ1) is 10.8. The molecule has 0 saturated heterocycles. The van der Waals surface area contributed by atoms with Crippen LogP contribution in [-0.4, -0.2) is 6.29 Å².